The molecule has 1 radical (unpaired) electrons. The molecule has 0 spiro atoms. The van der Waals surface area contributed by atoms with E-state index in [0.29, 0.717) is 5.69 Å². The molecule has 0 aliphatic heterocycles. The molecule has 0 saturated heterocycles. The summed E-state index contributed by atoms with van der Waals surface area (Å²) in [5.74, 6) is -2.12. The molecule has 0 aliphatic carbocycles. The van der Waals surface area contributed by atoms with Gasteiger partial charge >= 0.3 is 11.9 Å². The van der Waals surface area contributed by atoms with E-state index in [2.05, 4.69) is 5.32 Å². The monoisotopic (exact) mass is 234 g/mol. The minimum Gasteiger partial charge on any atom is -0.480 e. The molecule has 75 valence electrons. The standard InChI is InChI=1S/C9H9NO4.K/c11-8(12)5-10-7-4-2-1-3-6(7)9(13)14;/h1-4,10H,5H2,(H,11,12)(H,13,14);. The number of aromatic carboxylic acids is 1. The van der Waals surface area contributed by atoms with Gasteiger partial charge in [-0.15, -0.1) is 0 Å². The quantitative estimate of drug-likeness (QED) is 0.660. The number of benzene rings is 1. The van der Waals surface area contributed by atoms with Crippen molar-refractivity contribution >= 4 is 69.0 Å². The van der Waals surface area contributed by atoms with Crippen molar-refractivity contribution in [3.05, 3.63) is 29.8 Å². The van der Waals surface area contributed by atoms with Gasteiger partial charge in [0, 0.05) is 57.1 Å². The van der Waals surface area contributed by atoms with Crippen LogP contribution in [0.25, 0.3) is 0 Å². The van der Waals surface area contributed by atoms with Crippen molar-refractivity contribution in [2.24, 2.45) is 0 Å². The SMILES string of the molecule is O=C(O)CNc1ccccc1C(=O)O.[K]. The number of carbonyl (C=O) groups is 2. The van der Waals surface area contributed by atoms with Gasteiger partial charge in [-0.2, -0.15) is 0 Å². The minimum atomic E-state index is -1.08. The van der Waals surface area contributed by atoms with Crippen LogP contribution in [0.3, 0.4) is 0 Å². The van der Waals surface area contributed by atoms with Crippen molar-refractivity contribution in [3.63, 3.8) is 0 Å². The van der Waals surface area contributed by atoms with Crippen molar-refractivity contribution in [3.8, 4) is 0 Å². The number of carboxylic acid groups (broad SMARTS) is 2. The fourth-order valence-corrected chi connectivity index (χ4v) is 0.995. The Kier molecular flexibility index (Phi) is 6.78. The number of hydrogen-bond donors (Lipinski definition) is 3. The van der Waals surface area contributed by atoms with Gasteiger partial charge in [0.1, 0.15) is 6.54 Å². The van der Waals surface area contributed by atoms with Gasteiger partial charge < -0.3 is 15.5 Å². The first kappa shape index (κ1) is 14.6. The molecule has 5 nitrogen and oxygen atoms in total. The Labute approximate surface area is 129 Å². The maximum Gasteiger partial charge on any atom is 0.337 e. The van der Waals surface area contributed by atoms with Crippen molar-refractivity contribution in [2.45, 2.75) is 0 Å². The molecular formula is C9H9KNO4. The molecular weight excluding hydrogens is 225 g/mol. The molecule has 0 aliphatic rings. The second kappa shape index (κ2) is 6.97. The van der Waals surface area contributed by atoms with Crippen molar-refractivity contribution < 1.29 is 19.8 Å². The Morgan fingerprint density at radius 3 is 2.33 bits per heavy atom. The number of nitrogens with one attached hydrogen (secondary N) is 1. The van der Waals surface area contributed by atoms with Crippen molar-refractivity contribution in [1.82, 2.24) is 0 Å². The fourth-order valence-electron chi connectivity index (χ4n) is 0.995. The topological polar surface area (TPSA) is 86.6 Å². The zero-order chi connectivity index (χ0) is 10.6. The van der Waals surface area contributed by atoms with Crippen LogP contribution in [0.15, 0.2) is 24.3 Å². The van der Waals surface area contributed by atoms with Gasteiger partial charge in [0.25, 0.3) is 0 Å². The largest absolute Gasteiger partial charge is 0.480 e. The number of anilines is 1. The molecule has 0 saturated carbocycles. The first-order chi connectivity index (χ1) is 6.61. The summed E-state index contributed by atoms with van der Waals surface area (Å²) in [4.78, 5) is 20.9. The molecule has 1 rings (SSSR count). The zero-order valence-electron chi connectivity index (χ0n) is 8.23. The molecule has 15 heavy (non-hydrogen) atoms. The Morgan fingerprint density at radius 2 is 1.80 bits per heavy atom. The molecule has 1 aromatic carbocycles. The molecule has 0 amide bonds. The smallest absolute Gasteiger partial charge is 0.337 e. The Bertz CT molecular complexity index is 367. The van der Waals surface area contributed by atoms with E-state index in [4.69, 9.17) is 10.2 Å². The second-order valence-electron chi connectivity index (χ2n) is 2.60. The Hall–Kier alpha value is -0.404. The third kappa shape index (κ3) is 4.76. The van der Waals surface area contributed by atoms with E-state index >= 15 is 0 Å². The van der Waals surface area contributed by atoms with E-state index in [-0.39, 0.29) is 63.5 Å². The van der Waals surface area contributed by atoms with E-state index in [1.807, 2.05) is 0 Å². The molecule has 6 heteroatoms. The van der Waals surface area contributed by atoms with E-state index < -0.39 is 11.9 Å². The number of carboxylic acids is 2. The molecule has 0 bridgehead atoms. The van der Waals surface area contributed by atoms with Gasteiger partial charge in [0.15, 0.2) is 0 Å². The summed E-state index contributed by atoms with van der Waals surface area (Å²) < 4.78 is 0. The van der Waals surface area contributed by atoms with E-state index in [0.717, 1.165) is 0 Å². The van der Waals surface area contributed by atoms with Gasteiger partial charge in [-0.1, -0.05) is 12.1 Å². The zero-order valence-corrected chi connectivity index (χ0v) is 11.4. The molecule has 0 aromatic heterocycles. The van der Waals surface area contributed by atoms with Gasteiger partial charge in [-0.25, -0.2) is 4.79 Å². The van der Waals surface area contributed by atoms with E-state index in [1.54, 1.807) is 12.1 Å². The molecule has 3 N–H and O–H groups in total. The van der Waals surface area contributed by atoms with Crippen LogP contribution in [0.1, 0.15) is 10.4 Å². The summed E-state index contributed by atoms with van der Waals surface area (Å²) in [6, 6.07) is 6.14. The van der Waals surface area contributed by atoms with Gasteiger partial charge in [0.2, 0.25) is 0 Å². The predicted molar refractivity (Wildman–Crippen MR) is 55.3 cm³/mol. The van der Waals surface area contributed by atoms with Crippen molar-refractivity contribution in [1.29, 1.82) is 0 Å². The second-order valence-corrected chi connectivity index (χ2v) is 2.60. The minimum absolute atomic E-state index is 0. The van der Waals surface area contributed by atoms with Crippen LogP contribution in [0.5, 0.6) is 0 Å². The predicted octanol–water partition coefficient (Wildman–Crippen LogP) is 0.501. The van der Waals surface area contributed by atoms with Gasteiger partial charge in [0.05, 0.1) is 5.56 Å². The van der Waals surface area contributed by atoms with Crippen LogP contribution in [0.4, 0.5) is 5.69 Å². The van der Waals surface area contributed by atoms with Crippen LogP contribution in [0.2, 0.25) is 0 Å². The normalized spacial score (nSPS) is 8.80. The molecule has 0 heterocycles. The van der Waals surface area contributed by atoms with Crippen LogP contribution in [0, 0.1) is 0 Å². The summed E-state index contributed by atoms with van der Waals surface area (Å²) in [6.07, 6.45) is 0. The number of hydrogen-bond acceptors (Lipinski definition) is 3. The molecule has 1 aromatic rings. The maximum absolute atomic E-state index is 10.7. The number of para-hydroxylation sites is 1. The van der Waals surface area contributed by atoms with Crippen LogP contribution in [-0.2, 0) is 4.79 Å². The van der Waals surface area contributed by atoms with Crippen molar-refractivity contribution in [2.75, 3.05) is 11.9 Å². The Morgan fingerprint density at radius 1 is 1.20 bits per heavy atom. The average molecular weight is 234 g/mol. The number of rotatable bonds is 4. The summed E-state index contributed by atoms with van der Waals surface area (Å²) >= 11 is 0. The van der Waals surface area contributed by atoms with E-state index in [1.165, 1.54) is 12.1 Å². The fraction of sp³-hybridized carbons (Fsp3) is 0.111. The third-order valence-electron chi connectivity index (χ3n) is 1.59. The molecule has 0 atom stereocenters. The Balaban J connectivity index is 0.00000196. The third-order valence-corrected chi connectivity index (χ3v) is 1.59. The van der Waals surface area contributed by atoms with Crippen LogP contribution in [-0.4, -0.2) is 80.1 Å². The summed E-state index contributed by atoms with van der Waals surface area (Å²) in [6.45, 7) is -0.301. The molecule has 0 fully saturated rings. The van der Waals surface area contributed by atoms with Crippen LogP contribution < -0.4 is 5.32 Å². The molecule has 0 unspecified atom stereocenters. The summed E-state index contributed by atoms with van der Waals surface area (Å²) in [5, 5.41) is 19.7. The first-order valence-corrected chi connectivity index (χ1v) is 3.89. The summed E-state index contributed by atoms with van der Waals surface area (Å²) in [5.41, 5.74) is 0.371. The maximum atomic E-state index is 10.7. The first-order valence-electron chi connectivity index (χ1n) is 3.89. The van der Waals surface area contributed by atoms with Gasteiger partial charge in [-0.3, -0.25) is 4.79 Å². The van der Waals surface area contributed by atoms with E-state index in [9.17, 15) is 9.59 Å². The van der Waals surface area contributed by atoms with Crippen LogP contribution >= 0.6 is 0 Å². The average Bonchev–Trinajstić information content (AvgIpc) is 2.15. The van der Waals surface area contributed by atoms with Gasteiger partial charge in [-0.05, 0) is 12.1 Å². The summed E-state index contributed by atoms with van der Waals surface area (Å²) in [7, 11) is 0. The number of aliphatic carboxylic acids is 1.